The molecule has 0 saturated carbocycles. The quantitative estimate of drug-likeness (QED) is 0.562. The number of aromatic amines is 1. The summed E-state index contributed by atoms with van der Waals surface area (Å²) in [4.78, 5) is 29.1. The zero-order valence-electron chi connectivity index (χ0n) is 13.7. The highest BCUT2D eigenvalue weighted by Crippen LogP contribution is 2.23. The van der Waals surface area contributed by atoms with E-state index in [1.165, 1.54) is 6.33 Å². The maximum absolute atomic E-state index is 4.44. The average molecular weight is 336 g/mol. The summed E-state index contributed by atoms with van der Waals surface area (Å²) in [6.45, 7) is 5.39. The summed E-state index contributed by atoms with van der Waals surface area (Å²) in [7, 11) is 0. The number of nitrogens with one attached hydrogen (secondary N) is 1. The van der Waals surface area contributed by atoms with Gasteiger partial charge in [-0.25, -0.2) is 19.9 Å². The summed E-state index contributed by atoms with van der Waals surface area (Å²) in [5.74, 6) is 2.56. The van der Waals surface area contributed by atoms with E-state index in [1.54, 1.807) is 17.2 Å². The summed E-state index contributed by atoms with van der Waals surface area (Å²) < 4.78 is 1.79. The van der Waals surface area contributed by atoms with Gasteiger partial charge in [-0.05, 0) is 6.92 Å². The molecule has 0 unspecified atom stereocenters. The van der Waals surface area contributed by atoms with E-state index in [1.807, 2.05) is 6.92 Å². The molecule has 0 radical (unpaired) electrons. The van der Waals surface area contributed by atoms with E-state index in [0.717, 1.165) is 49.0 Å². The SMILES string of the molecule is Cc1cc(N2CCN(c3ncnc4nc[nH]c34)CC2)n2ncnc2n1. The first-order valence-electron chi connectivity index (χ1n) is 8.11. The van der Waals surface area contributed by atoms with E-state index < -0.39 is 0 Å². The van der Waals surface area contributed by atoms with Gasteiger partial charge >= 0.3 is 0 Å². The third-order valence-corrected chi connectivity index (χ3v) is 4.47. The Labute approximate surface area is 142 Å². The topological polar surface area (TPSA) is 104 Å². The predicted octanol–water partition coefficient (Wildman–Crippen LogP) is 0.426. The minimum atomic E-state index is 0.632. The van der Waals surface area contributed by atoms with Crippen LogP contribution in [-0.4, -0.2) is 65.7 Å². The van der Waals surface area contributed by atoms with Crippen molar-refractivity contribution < 1.29 is 0 Å². The molecule has 5 rings (SSSR count). The highest BCUT2D eigenvalue weighted by atomic mass is 15.4. The molecule has 1 aliphatic heterocycles. The normalized spacial score (nSPS) is 15.4. The van der Waals surface area contributed by atoms with Crippen molar-refractivity contribution in [3.8, 4) is 0 Å². The van der Waals surface area contributed by atoms with Crippen LogP contribution in [0.15, 0.2) is 25.0 Å². The molecule has 126 valence electrons. The Bertz CT molecular complexity index is 1040. The highest BCUT2D eigenvalue weighted by molar-refractivity contribution is 5.82. The maximum Gasteiger partial charge on any atom is 0.254 e. The van der Waals surface area contributed by atoms with Gasteiger partial charge in [-0.15, -0.1) is 0 Å². The van der Waals surface area contributed by atoms with Crippen molar-refractivity contribution in [1.29, 1.82) is 0 Å². The number of aromatic nitrogens is 8. The standard InChI is InChI=1S/C15H16N10/c1-10-6-11(25-15(22-10)20-9-21-25)23-2-4-24(5-3-23)14-12-13(17-7-16-12)18-8-19-14/h6-9H,2-5H2,1H3,(H,16,17,18,19). The lowest BCUT2D eigenvalue weighted by Crippen LogP contribution is -2.47. The number of piperazine rings is 1. The van der Waals surface area contributed by atoms with E-state index in [2.05, 4.69) is 50.9 Å². The van der Waals surface area contributed by atoms with Gasteiger partial charge in [0.2, 0.25) is 0 Å². The van der Waals surface area contributed by atoms with Crippen LogP contribution in [0, 0.1) is 6.92 Å². The van der Waals surface area contributed by atoms with Gasteiger partial charge in [-0.1, -0.05) is 0 Å². The fourth-order valence-corrected chi connectivity index (χ4v) is 3.28. The number of rotatable bonds is 2. The van der Waals surface area contributed by atoms with Gasteiger partial charge in [0.25, 0.3) is 5.78 Å². The lowest BCUT2D eigenvalue weighted by Gasteiger charge is -2.36. The van der Waals surface area contributed by atoms with Crippen molar-refractivity contribution in [1.82, 2.24) is 39.5 Å². The zero-order valence-corrected chi connectivity index (χ0v) is 13.7. The zero-order chi connectivity index (χ0) is 16.8. The van der Waals surface area contributed by atoms with Gasteiger partial charge in [-0.2, -0.15) is 14.6 Å². The fourth-order valence-electron chi connectivity index (χ4n) is 3.28. The van der Waals surface area contributed by atoms with E-state index >= 15 is 0 Å². The van der Waals surface area contributed by atoms with Crippen LogP contribution in [0.4, 0.5) is 11.6 Å². The van der Waals surface area contributed by atoms with E-state index in [9.17, 15) is 0 Å². The number of aryl methyl sites for hydroxylation is 1. The largest absolute Gasteiger partial charge is 0.353 e. The van der Waals surface area contributed by atoms with E-state index in [0.29, 0.717) is 11.4 Å². The van der Waals surface area contributed by atoms with Crippen molar-refractivity contribution in [2.45, 2.75) is 6.92 Å². The van der Waals surface area contributed by atoms with Crippen molar-refractivity contribution >= 4 is 28.6 Å². The number of H-pyrrole nitrogens is 1. The molecule has 1 N–H and O–H groups in total. The molecule has 0 atom stereocenters. The van der Waals surface area contributed by atoms with Crippen molar-refractivity contribution in [2.75, 3.05) is 36.0 Å². The van der Waals surface area contributed by atoms with Crippen LogP contribution in [-0.2, 0) is 0 Å². The van der Waals surface area contributed by atoms with Crippen LogP contribution in [0.5, 0.6) is 0 Å². The van der Waals surface area contributed by atoms with Crippen molar-refractivity contribution in [3.63, 3.8) is 0 Å². The second-order valence-corrected chi connectivity index (χ2v) is 6.00. The summed E-state index contributed by atoms with van der Waals surface area (Å²) >= 11 is 0. The highest BCUT2D eigenvalue weighted by Gasteiger charge is 2.23. The lowest BCUT2D eigenvalue weighted by molar-refractivity contribution is 0.634. The Morgan fingerprint density at radius 3 is 2.68 bits per heavy atom. The van der Waals surface area contributed by atoms with Gasteiger partial charge in [-0.3, -0.25) is 0 Å². The molecule has 1 saturated heterocycles. The summed E-state index contributed by atoms with van der Waals surface area (Å²) in [5, 5.41) is 4.30. The summed E-state index contributed by atoms with van der Waals surface area (Å²) in [5.41, 5.74) is 2.52. The molecule has 1 aliphatic rings. The minimum Gasteiger partial charge on any atom is -0.353 e. The monoisotopic (exact) mass is 336 g/mol. The molecule has 0 aromatic carbocycles. The molecule has 4 aromatic heterocycles. The molecule has 0 bridgehead atoms. The number of fused-ring (bicyclic) bond motifs is 2. The molecule has 25 heavy (non-hydrogen) atoms. The molecular weight excluding hydrogens is 320 g/mol. The van der Waals surface area contributed by atoms with Crippen LogP contribution >= 0.6 is 0 Å². The molecule has 10 nitrogen and oxygen atoms in total. The third-order valence-electron chi connectivity index (χ3n) is 4.47. The molecule has 5 heterocycles. The first kappa shape index (κ1) is 14.1. The van der Waals surface area contributed by atoms with Crippen molar-refractivity contribution in [3.05, 3.63) is 30.7 Å². The fraction of sp³-hybridized carbons (Fsp3) is 0.333. The molecule has 0 aliphatic carbocycles. The first-order valence-corrected chi connectivity index (χ1v) is 8.11. The van der Waals surface area contributed by atoms with E-state index in [-0.39, 0.29) is 0 Å². The average Bonchev–Trinajstić information content (AvgIpc) is 3.29. The Kier molecular flexibility index (Phi) is 3.02. The second kappa shape index (κ2) is 5.36. The third kappa shape index (κ3) is 2.25. The molecular formula is C15H16N10. The number of hydrogen-bond donors (Lipinski definition) is 1. The Morgan fingerprint density at radius 2 is 1.80 bits per heavy atom. The van der Waals surface area contributed by atoms with Crippen LogP contribution < -0.4 is 9.80 Å². The van der Waals surface area contributed by atoms with E-state index in [4.69, 9.17) is 0 Å². The first-order chi connectivity index (χ1) is 12.3. The summed E-state index contributed by atoms with van der Waals surface area (Å²) in [6.07, 6.45) is 4.76. The Hall–Kier alpha value is -3.30. The van der Waals surface area contributed by atoms with Gasteiger partial charge in [0.05, 0.1) is 6.33 Å². The molecule has 1 fully saturated rings. The number of hydrogen-bond acceptors (Lipinski definition) is 8. The maximum atomic E-state index is 4.44. The van der Waals surface area contributed by atoms with Crippen molar-refractivity contribution in [2.24, 2.45) is 0 Å². The molecule has 10 heteroatoms. The lowest BCUT2D eigenvalue weighted by atomic mass is 10.3. The van der Waals surface area contributed by atoms with Gasteiger partial charge < -0.3 is 14.8 Å². The summed E-state index contributed by atoms with van der Waals surface area (Å²) in [6, 6.07) is 2.05. The van der Waals surface area contributed by atoms with Crippen LogP contribution in [0.1, 0.15) is 5.69 Å². The predicted molar refractivity (Wildman–Crippen MR) is 91.6 cm³/mol. The van der Waals surface area contributed by atoms with Gasteiger partial charge in [0.1, 0.15) is 24.0 Å². The smallest absolute Gasteiger partial charge is 0.254 e. The molecule has 4 aromatic rings. The Morgan fingerprint density at radius 1 is 0.960 bits per heavy atom. The van der Waals surface area contributed by atoms with Crippen LogP contribution in [0.2, 0.25) is 0 Å². The molecule has 0 spiro atoms. The Balaban J connectivity index is 1.43. The van der Waals surface area contributed by atoms with Crippen LogP contribution in [0.3, 0.4) is 0 Å². The van der Waals surface area contributed by atoms with Gasteiger partial charge in [0.15, 0.2) is 11.5 Å². The number of imidazole rings is 1. The minimum absolute atomic E-state index is 0.632. The van der Waals surface area contributed by atoms with Crippen LogP contribution in [0.25, 0.3) is 16.9 Å². The van der Waals surface area contributed by atoms with Gasteiger partial charge in [0, 0.05) is 37.9 Å². The molecule has 0 amide bonds. The number of anilines is 2. The second-order valence-electron chi connectivity index (χ2n) is 6.00. The number of nitrogens with zero attached hydrogens (tertiary/aromatic N) is 9.